The smallest absolute Gasteiger partial charge is 0.221 e. The molecule has 0 radical (unpaired) electrons. The lowest BCUT2D eigenvalue weighted by atomic mass is 9.99. The van der Waals surface area contributed by atoms with Crippen LogP contribution in [0.5, 0.6) is 0 Å². The summed E-state index contributed by atoms with van der Waals surface area (Å²) in [5.41, 5.74) is 8.86. The van der Waals surface area contributed by atoms with Gasteiger partial charge in [-0.3, -0.25) is 4.79 Å². The highest BCUT2D eigenvalue weighted by Crippen LogP contribution is 2.25. The fourth-order valence-corrected chi connectivity index (χ4v) is 1.74. The first kappa shape index (κ1) is 10.1. The maximum Gasteiger partial charge on any atom is 0.221 e. The molecule has 1 atom stereocenters. The van der Waals surface area contributed by atoms with E-state index in [0.717, 1.165) is 16.8 Å². The Morgan fingerprint density at radius 1 is 1.60 bits per heavy atom. The Kier molecular flexibility index (Phi) is 2.70. The van der Waals surface area contributed by atoms with Gasteiger partial charge in [0.15, 0.2) is 0 Å². The van der Waals surface area contributed by atoms with Crippen molar-refractivity contribution in [2.45, 2.75) is 19.6 Å². The summed E-state index contributed by atoms with van der Waals surface area (Å²) >= 11 is 0. The van der Waals surface area contributed by atoms with Crippen molar-refractivity contribution in [3.63, 3.8) is 0 Å². The summed E-state index contributed by atoms with van der Waals surface area (Å²) < 4.78 is 5.32. The zero-order valence-corrected chi connectivity index (χ0v) is 8.62. The van der Waals surface area contributed by atoms with Crippen LogP contribution in [0.3, 0.4) is 0 Å². The van der Waals surface area contributed by atoms with Crippen LogP contribution < -0.4 is 11.1 Å². The maximum atomic E-state index is 10.9. The van der Waals surface area contributed by atoms with Crippen LogP contribution in [-0.2, 0) is 16.1 Å². The van der Waals surface area contributed by atoms with Crippen molar-refractivity contribution >= 4 is 11.6 Å². The molecule has 15 heavy (non-hydrogen) atoms. The van der Waals surface area contributed by atoms with E-state index in [-0.39, 0.29) is 11.9 Å². The molecule has 0 saturated heterocycles. The third-order valence-corrected chi connectivity index (χ3v) is 2.42. The number of amides is 1. The fraction of sp³-hybridized carbons (Fsp3) is 0.364. The van der Waals surface area contributed by atoms with Gasteiger partial charge in [-0.1, -0.05) is 6.07 Å². The molecule has 0 unspecified atom stereocenters. The molecule has 0 spiro atoms. The van der Waals surface area contributed by atoms with Crippen LogP contribution in [0.1, 0.15) is 24.1 Å². The highest BCUT2D eigenvalue weighted by molar-refractivity contribution is 5.88. The van der Waals surface area contributed by atoms with E-state index in [1.165, 1.54) is 6.92 Å². The van der Waals surface area contributed by atoms with Crippen molar-refractivity contribution in [2.24, 2.45) is 5.73 Å². The van der Waals surface area contributed by atoms with Crippen molar-refractivity contribution < 1.29 is 9.53 Å². The van der Waals surface area contributed by atoms with Gasteiger partial charge in [0, 0.05) is 12.6 Å². The number of carbonyl (C=O) groups is 1. The Morgan fingerprint density at radius 2 is 2.40 bits per heavy atom. The van der Waals surface area contributed by atoms with E-state index in [0.29, 0.717) is 13.2 Å². The van der Waals surface area contributed by atoms with Crippen molar-refractivity contribution in [1.29, 1.82) is 0 Å². The molecular weight excluding hydrogens is 192 g/mol. The molecule has 1 aliphatic heterocycles. The minimum atomic E-state index is -0.0949. The van der Waals surface area contributed by atoms with Crippen LogP contribution in [0.2, 0.25) is 0 Å². The standard InChI is InChI=1S/C11H14N2O2/c1-7(14)13-9-3-2-8-5-15-6-11(12)10(8)4-9/h2-4,11H,5-6,12H2,1H3,(H,13,14)/t11-/m0/s1. The molecule has 0 bridgehead atoms. The maximum absolute atomic E-state index is 10.9. The van der Waals surface area contributed by atoms with E-state index in [9.17, 15) is 4.79 Å². The first-order chi connectivity index (χ1) is 7.16. The van der Waals surface area contributed by atoms with Gasteiger partial charge in [-0.15, -0.1) is 0 Å². The number of anilines is 1. The van der Waals surface area contributed by atoms with Gasteiger partial charge in [-0.25, -0.2) is 0 Å². The zero-order valence-electron chi connectivity index (χ0n) is 8.62. The largest absolute Gasteiger partial charge is 0.375 e. The van der Waals surface area contributed by atoms with Gasteiger partial charge in [0.1, 0.15) is 0 Å². The molecule has 4 heteroatoms. The van der Waals surface area contributed by atoms with E-state index in [1.807, 2.05) is 18.2 Å². The molecule has 1 amide bonds. The number of hydrogen-bond donors (Lipinski definition) is 2. The Labute approximate surface area is 88.4 Å². The van der Waals surface area contributed by atoms with E-state index >= 15 is 0 Å². The molecule has 0 fully saturated rings. The van der Waals surface area contributed by atoms with Crippen molar-refractivity contribution in [3.8, 4) is 0 Å². The first-order valence-electron chi connectivity index (χ1n) is 4.90. The third-order valence-electron chi connectivity index (χ3n) is 2.42. The number of nitrogens with one attached hydrogen (secondary N) is 1. The summed E-state index contributed by atoms with van der Waals surface area (Å²) in [6, 6.07) is 5.63. The third kappa shape index (κ3) is 2.16. The van der Waals surface area contributed by atoms with E-state index < -0.39 is 0 Å². The van der Waals surface area contributed by atoms with E-state index in [1.54, 1.807) is 0 Å². The highest BCUT2D eigenvalue weighted by atomic mass is 16.5. The van der Waals surface area contributed by atoms with Crippen LogP contribution in [0.4, 0.5) is 5.69 Å². The number of hydrogen-bond acceptors (Lipinski definition) is 3. The van der Waals surface area contributed by atoms with Gasteiger partial charge in [-0.05, 0) is 23.3 Å². The summed E-state index contributed by atoms with van der Waals surface area (Å²) in [5, 5.41) is 2.74. The molecule has 2 rings (SSSR count). The Balaban J connectivity index is 2.31. The topological polar surface area (TPSA) is 64.4 Å². The van der Waals surface area contributed by atoms with E-state index in [2.05, 4.69) is 5.32 Å². The predicted molar refractivity (Wildman–Crippen MR) is 57.3 cm³/mol. The second-order valence-electron chi connectivity index (χ2n) is 3.72. The summed E-state index contributed by atoms with van der Waals surface area (Å²) in [4.78, 5) is 10.9. The molecule has 80 valence electrons. The molecule has 0 aromatic heterocycles. The highest BCUT2D eigenvalue weighted by Gasteiger charge is 2.17. The molecule has 0 aliphatic carbocycles. The molecule has 1 aliphatic rings. The number of carbonyl (C=O) groups excluding carboxylic acids is 1. The Morgan fingerprint density at radius 3 is 3.13 bits per heavy atom. The first-order valence-corrected chi connectivity index (χ1v) is 4.90. The minimum Gasteiger partial charge on any atom is -0.375 e. The number of fused-ring (bicyclic) bond motifs is 1. The van der Waals surface area contributed by atoms with Gasteiger partial charge in [0.2, 0.25) is 5.91 Å². The van der Waals surface area contributed by atoms with Crippen molar-refractivity contribution in [2.75, 3.05) is 11.9 Å². The quantitative estimate of drug-likeness (QED) is 0.725. The SMILES string of the molecule is CC(=O)Nc1ccc2c(c1)[C@@H](N)COC2. The Hall–Kier alpha value is -1.39. The van der Waals surface area contributed by atoms with Crippen LogP contribution in [0, 0.1) is 0 Å². The number of ether oxygens (including phenoxy) is 1. The van der Waals surface area contributed by atoms with Crippen molar-refractivity contribution in [1.82, 2.24) is 0 Å². The van der Waals surface area contributed by atoms with Gasteiger partial charge in [-0.2, -0.15) is 0 Å². The van der Waals surface area contributed by atoms with E-state index in [4.69, 9.17) is 10.5 Å². The van der Waals surface area contributed by atoms with Gasteiger partial charge < -0.3 is 15.8 Å². The number of benzene rings is 1. The lowest BCUT2D eigenvalue weighted by Crippen LogP contribution is -2.23. The monoisotopic (exact) mass is 206 g/mol. The Bertz CT molecular complexity index is 390. The molecule has 1 aromatic rings. The second kappa shape index (κ2) is 4.00. The summed E-state index contributed by atoms with van der Waals surface area (Å²) in [6.45, 7) is 2.63. The van der Waals surface area contributed by atoms with Crippen LogP contribution >= 0.6 is 0 Å². The lowest BCUT2D eigenvalue weighted by Gasteiger charge is -2.23. The average Bonchev–Trinajstić information content (AvgIpc) is 2.18. The summed E-state index contributed by atoms with van der Waals surface area (Å²) in [5.74, 6) is -0.0735. The molecule has 3 N–H and O–H groups in total. The van der Waals surface area contributed by atoms with Crippen LogP contribution in [-0.4, -0.2) is 12.5 Å². The predicted octanol–water partition coefficient (Wildman–Crippen LogP) is 1.17. The van der Waals surface area contributed by atoms with Gasteiger partial charge >= 0.3 is 0 Å². The van der Waals surface area contributed by atoms with Gasteiger partial charge in [0.25, 0.3) is 0 Å². The average molecular weight is 206 g/mol. The molecule has 4 nitrogen and oxygen atoms in total. The minimum absolute atomic E-state index is 0.0735. The van der Waals surface area contributed by atoms with Crippen LogP contribution in [0.25, 0.3) is 0 Å². The second-order valence-corrected chi connectivity index (χ2v) is 3.72. The fourth-order valence-electron chi connectivity index (χ4n) is 1.74. The normalized spacial score (nSPS) is 19.5. The molecular formula is C11H14N2O2. The van der Waals surface area contributed by atoms with Crippen LogP contribution in [0.15, 0.2) is 18.2 Å². The zero-order chi connectivity index (χ0) is 10.8. The molecule has 0 saturated carbocycles. The van der Waals surface area contributed by atoms with Crippen molar-refractivity contribution in [3.05, 3.63) is 29.3 Å². The number of rotatable bonds is 1. The lowest BCUT2D eigenvalue weighted by molar-refractivity contribution is -0.114. The summed E-state index contributed by atoms with van der Waals surface area (Å²) in [7, 11) is 0. The number of nitrogens with two attached hydrogens (primary N) is 1. The summed E-state index contributed by atoms with van der Waals surface area (Å²) in [6.07, 6.45) is 0. The van der Waals surface area contributed by atoms with Gasteiger partial charge in [0.05, 0.1) is 19.3 Å². The molecule has 1 aromatic carbocycles. The molecule has 1 heterocycles.